The fraction of sp³-hybridized carbons (Fsp3) is 0.533. The van der Waals surface area contributed by atoms with Gasteiger partial charge in [0.15, 0.2) is 0 Å². The van der Waals surface area contributed by atoms with Crippen LogP contribution in [0.4, 0.5) is 11.4 Å². The number of nitrogens with zero attached hydrogens (tertiary/aromatic N) is 2. The predicted octanol–water partition coefficient (Wildman–Crippen LogP) is 0.628. The van der Waals surface area contributed by atoms with Crippen LogP contribution in [0.25, 0.3) is 0 Å². The van der Waals surface area contributed by atoms with Crippen LogP contribution < -0.4 is 10.2 Å². The summed E-state index contributed by atoms with van der Waals surface area (Å²) in [4.78, 5) is 14.5. The van der Waals surface area contributed by atoms with E-state index in [0.29, 0.717) is 32.0 Å². The average molecular weight is 337 g/mol. The summed E-state index contributed by atoms with van der Waals surface area (Å²) in [6.45, 7) is 2.38. The standard InChI is InChI=1S/C15H19N3O4S/c19-15-14-2-1-5-18(14)13-4-3-11(10-12(13)16-15)23(20,21)17-6-8-22-9-7-17/h3-4,10,14H,1-2,5-9H2,(H,16,19)/t14-/m1/s1. The molecule has 1 atom stereocenters. The Morgan fingerprint density at radius 3 is 2.74 bits per heavy atom. The summed E-state index contributed by atoms with van der Waals surface area (Å²) in [5, 5.41) is 2.86. The molecule has 3 heterocycles. The molecule has 2 fully saturated rings. The second-order valence-corrected chi connectivity index (χ2v) is 7.97. The van der Waals surface area contributed by atoms with Gasteiger partial charge in [-0.2, -0.15) is 4.31 Å². The molecule has 8 heteroatoms. The van der Waals surface area contributed by atoms with Crippen molar-refractivity contribution in [2.75, 3.05) is 43.1 Å². The Balaban J connectivity index is 1.70. The van der Waals surface area contributed by atoms with Crippen LogP contribution >= 0.6 is 0 Å². The fourth-order valence-corrected chi connectivity index (χ4v) is 4.94. The molecule has 124 valence electrons. The molecule has 3 aliphatic rings. The minimum absolute atomic E-state index is 0.0454. The molecule has 0 unspecified atom stereocenters. The first-order valence-electron chi connectivity index (χ1n) is 7.87. The number of fused-ring (bicyclic) bond motifs is 3. The van der Waals surface area contributed by atoms with Crippen molar-refractivity contribution in [3.63, 3.8) is 0 Å². The van der Waals surface area contributed by atoms with E-state index in [2.05, 4.69) is 10.2 Å². The molecule has 0 radical (unpaired) electrons. The van der Waals surface area contributed by atoms with Crippen LogP contribution in [0.5, 0.6) is 0 Å². The quantitative estimate of drug-likeness (QED) is 0.856. The maximum Gasteiger partial charge on any atom is 0.247 e. The third kappa shape index (κ3) is 2.41. The van der Waals surface area contributed by atoms with Gasteiger partial charge in [-0.15, -0.1) is 0 Å². The van der Waals surface area contributed by atoms with Gasteiger partial charge in [-0.25, -0.2) is 8.42 Å². The third-order valence-electron chi connectivity index (χ3n) is 4.70. The third-order valence-corrected chi connectivity index (χ3v) is 6.59. The van der Waals surface area contributed by atoms with Crippen molar-refractivity contribution in [2.45, 2.75) is 23.8 Å². The number of hydrogen-bond acceptors (Lipinski definition) is 5. The topological polar surface area (TPSA) is 79.0 Å². The number of rotatable bonds is 2. The Kier molecular flexibility index (Phi) is 3.55. The molecule has 1 aromatic carbocycles. The highest BCUT2D eigenvalue weighted by Gasteiger charge is 2.37. The Morgan fingerprint density at radius 2 is 1.96 bits per heavy atom. The van der Waals surface area contributed by atoms with Crippen molar-refractivity contribution in [3.8, 4) is 0 Å². The Labute approximate surface area is 135 Å². The first kappa shape index (κ1) is 14.9. The van der Waals surface area contributed by atoms with Crippen LogP contribution in [-0.2, 0) is 19.6 Å². The van der Waals surface area contributed by atoms with Crippen molar-refractivity contribution in [1.82, 2.24) is 4.31 Å². The molecule has 0 bridgehead atoms. The number of ether oxygens (including phenoxy) is 1. The van der Waals surface area contributed by atoms with Gasteiger partial charge in [0, 0.05) is 19.6 Å². The number of benzene rings is 1. The van der Waals surface area contributed by atoms with Gasteiger partial charge >= 0.3 is 0 Å². The molecular weight excluding hydrogens is 318 g/mol. The minimum Gasteiger partial charge on any atom is -0.379 e. The molecule has 0 spiro atoms. The number of hydrogen-bond donors (Lipinski definition) is 1. The lowest BCUT2D eigenvalue weighted by Crippen LogP contribution is -2.44. The van der Waals surface area contributed by atoms with Crippen LogP contribution in [0.15, 0.2) is 23.1 Å². The zero-order valence-electron chi connectivity index (χ0n) is 12.7. The summed E-state index contributed by atoms with van der Waals surface area (Å²) in [6.07, 6.45) is 1.82. The molecule has 0 aliphatic carbocycles. The number of anilines is 2. The van der Waals surface area contributed by atoms with Gasteiger partial charge in [-0.1, -0.05) is 0 Å². The summed E-state index contributed by atoms with van der Waals surface area (Å²) in [5.41, 5.74) is 1.50. The van der Waals surface area contributed by atoms with E-state index in [4.69, 9.17) is 4.74 Å². The monoisotopic (exact) mass is 337 g/mol. The summed E-state index contributed by atoms with van der Waals surface area (Å²) < 4.78 is 32.1. The van der Waals surface area contributed by atoms with Crippen LogP contribution in [0.3, 0.4) is 0 Å². The van der Waals surface area contributed by atoms with Crippen LogP contribution in [0.1, 0.15) is 12.8 Å². The van der Waals surface area contributed by atoms with Gasteiger partial charge in [0.05, 0.1) is 29.5 Å². The van der Waals surface area contributed by atoms with Gasteiger partial charge in [-0.3, -0.25) is 4.79 Å². The van der Waals surface area contributed by atoms with Crippen molar-refractivity contribution < 1.29 is 17.9 Å². The molecule has 4 rings (SSSR count). The first-order chi connectivity index (χ1) is 11.1. The SMILES string of the molecule is O=C1Nc2cc(S(=O)(=O)N3CCOCC3)ccc2N2CCC[C@H]12. The lowest BCUT2D eigenvalue weighted by molar-refractivity contribution is -0.117. The van der Waals surface area contributed by atoms with Gasteiger partial charge < -0.3 is 15.0 Å². The number of amides is 1. The molecule has 1 N–H and O–H groups in total. The molecule has 1 aromatic rings. The lowest BCUT2D eigenvalue weighted by atomic mass is 10.1. The second kappa shape index (κ2) is 5.47. The average Bonchev–Trinajstić information content (AvgIpc) is 3.06. The number of carbonyl (C=O) groups excluding carboxylic acids is 1. The predicted molar refractivity (Wildman–Crippen MR) is 85.0 cm³/mol. The molecular formula is C15H19N3O4S. The molecule has 0 saturated carbocycles. The molecule has 1 amide bonds. The minimum atomic E-state index is -3.55. The summed E-state index contributed by atoms with van der Waals surface area (Å²) in [5.74, 6) is -0.0454. The van der Waals surface area contributed by atoms with E-state index in [1.165, 1.54) is 4.31 Å². The molecule has 7 nitrogen and oxygen atoms in total. The zero-order valence-corrected chi connectivity index (χ0v) is 13.5. The van der Waals surface area contributed by atoms with Crippen molar-refractivity contribution >= 4 is 27.3 Å². The molecule has 23 heavy (non-hydrogen) atoms. The van der Waals surface area contributed by atoms with Gasteiger partial charge in [0.25, 0.3) is 0 Å². The van der Waals surface area contributed by atoms with E-state index < -0.39 is 10.0 Å². The summed E-state index contributed by atoms with van der Waals surface area (Å²) >= 11 is 0. The van der Waals surface area contributed by atoms with Crippen LogP contribution in [0, 0.1) is 0 Å². The van der Waals surface area contributed by atoms with Gasteiger partial charge in [0.1, 0.15) is 6.04 Å². The summed E-state index contributed by atoms with van der Waals surface area (Å²) in [6, 6.07) is 4.90. The van der Waals surface area contributed by atoms with Crippen LogP contribution in [-0.4, -0.2) is 57.5 Å². The van der Waals surface area contributed by atoms with E-state index in [1.54, 1.807) is 18.2 Å². The first-order valence-corrected chi connectivity index (χ1v) is 9.31. The number of nitrogens with one attached hydrogen (secondary N) is 1. The van der Waals surface area contributed by atoms with Crippen molar-refractivity contribution in [1.29, 1.82) is 0 Å². The maximum atomic E-state index is 12.7. The van der Waals surface area contributed by atoms with E-state index in [9.17, 15) is 13.2 Å². The van der Waals surface area contributed by atoms with E-state index in [-0.39, 0.29) is 16.8 Å². The molecule has 0 aromatic heterocycles. The number of morpholine rings is 1. The number of sulfonamides is 1. The molecule has 3 aliphatic heterocycles. The van der Waals surface area contributed by atoms with Crippen molar-refractivity contribution in [2.24, 2.45) is 0 Å². The largest absolute Gasteiger partial charge is 0.379 e. The second-order valence-electron chi connectivity index (χ2n) is 6.04. The van der Waals surface area contributed by atoms with E-state index in [0.717, 1.165) is 25.1 Å². The normalized spacial score (nSPS) is 25.0. The highest BCUT2D eigenvalue weighted by Crippen LogP contribution is 2.38. The molecule has 2 saturated heterocycles. The van der Waals surface area contributed by atoms with Crippen molar-refractivity contribution in [3.05, 3.63) is 18.2 Å². The van der Waals surface area contributed by atoms with E-state index in [1.807, 2.05) is 0 Å². The van der Waals surface area contributed by atoms with Gasteiger partial charge in [0.2, 0.25) is 15.9 Å². The Bertz CT molecular complexity index is 743. The zero-order chi connectivity index (χ0) is 16.0. The smallest absolute Gasteiger partial charge is 0.247 e. The summed E-state index contributed by atoms with van der Waals surface area (Å²) in [7, 11) is -3.55. The number of carbonyl (C=O) groups is 1. The Morgan fingerprint density at radius 1 is 1.17 bits per heavy atom. The highest BCUT2D eigenvalue weighted by molar-refractivity contribution is 7.89. The van der Waals surface area contributed by atoms with Gasteiger partial charge in [-0.05, 0) is 31.0 Å². The van der Waals surface area contributed by atoms with Crippen LogP contribution in [0.2, 0.25) is 0 Å². The van der Waals surface area contributed by atoms with E-state index >= 15 is 0 Å². The maximum absolute atomic E-state index is 12.7. The lowest BCUT2D eigenvalue weighted by Gasteiger charge is -2.33. The fourth-order valence-electron chi connectivity index (χ4n) is 3.51. The highest BCUT2D eigenvalue weighted by atomic mass is 32.2. The Hall–Kier alpha value is -1.64.